The highest BCUT2D eigenvalue weighted by molar-refractivity contribution is 7.92. The van der Waals surface area contributed by atoms with Crippen molar-refractivity contribution >= 4 is 48.7 Å². The van der Waals surface area contributed by atoms with Crippen molar-refractivity contribution in [2.24, 2.45) is 0 Å². The Morgan fingerprint density at radius 3 is 2.44 bits per heavy atom. The molecule has 0 aliphatic rings. The van der Waals surface area contributed by atoms with E-state index in [-0.39, 0.29) is 21.8 Å². The Morgan fingerprint density at radius 2 is 1.76 bits per heavy atom. The van der Waals surface area contributed by atoms with Crippen LogP contribution < -0.4 is 9.62 Å². The van der Waals surface area contributed by atoms with E-state index in [9.17, 15) is 8.42 Å². The van der Waals surface area contributed by atoms with Crippen LogP contribution in [0.4, 0.5) is 5.69 Å². The average molecular weight is 395 g/mol. The maximum Gasteiger partial charge on any atom is 0.251 e. The van der Waals surface area contributed by atoms with Crippen LogP contribution in [-0.4, -0.2) is 28.1 Å². The number of thiophene rings is 1. The largest absolute Gasteiger partial charge is 0.371 e. The van der Waals surface area contributed by atoms with Crippen molar-refractivity contribution in [1.82, 2.24) is 4.72 Å². The molecule has 4 nitrogen and oxygen atoms in total. The van der Waals surface area contributed by atoms with Gasteiger partial charge in [0.1, 0.15) is 0 Å². The van der Waals surface area contributed by atoms with Gasteiger partial charge in [-0.05, 0) is 25.1 Å². The van der Waals surface area contributed by atoms with Gasteiger partial charge in [0.2, 0.25) is 0 Å². The lowest BCUT2D eigenvalue weighted by Crippen LogP contribution is -2.40. The molecule has 0 bridgehead atoms. The fourth-order valence-electron chi connectivity index (χ4n) is 2.51. The molecule has 1 unspecified atom stereocenters. The Hall–Kier alpha value is -1.60. The highest BCUT2D eigenvalue weighted by Gasteiger charge is 2.24. The number of nitrogens with one attached hydrogen (secondary N) is 1. The van der Waals surface area contributed by atoms with Gasteiger partial charge in [-0.3, -0.25) is 0 Å². The van der Waals surface area contributed by atoms with Crippen molar-refractivity contribution in [2.75, 3.05) is 18.5 Å². The quantitative estimate of drug-likeness (QED) is 0.675. The molecular weight excluding hydrogens is 376 g/mol. The van der Waals surface area contributed by atoms with Crippen LogP contribution in [0.3, 0.4) is 0 Å². The van der Waals surface area contributed by atoms with Crippen molar-refractivity contribution in [2.45, 2.75) is 17.2 Å². The van der Waals surface area contributed by atoms with Crippen LogP contribution in [0.2, 0.25) is 5.02 Å². The van der Waals surface area contributed by atoms with Crippen molar-refractivity contribution in [3.05, 3.63) is 59.6 Å². The Kier molecular flexibility index (Phi) is 5.34. The molecule has 0 aliphatic heterocycles. The summed E-state index contributed by atoms with van der Waals surface area (Å²) in [5, 5.41) is 1.06. The number of rotatable bonds is 6. The number of fused-ring (bicyclic) bond motifs is 1. The third-order valence-electron chi connectivity index (χ3n) is 4.14. The van der Waals surface area contributed by atoms with E-state index in [1.165, 1.54) is 11.3 Å². The molecule has 0 amide bonds. The highest BCUT2D eigenvalue weighted by atomic mass is 35.5. The Balaban J connectivity index is 1.76. The predicted octanol–water partition coefficient (Wildman–Crippen LogP) is 4.36. The molecule has 3 rings (SSSR count). The zero-order valence-corrected chi connectivity index (χ0v) is 16.3. The minimum absolute atomic E-state index is 0.00895. The van der Waals surface area contributed by atoms with Crippen LogP contribution in [0, 0.1) is 0 Å². The first kappa shape index (κ1) is 18.2. The molecule has 0 fully saturated rings. The molecule has 0 radical (unpaired) electrons. The molecule has 7 heteroatoms. The number of sulfonamides is 1. The van der Waals surface area contributed by atoms with Gasteiger partial charge < -0.3 is 4.90 Å². The SMILES string of the molecule is CC(CNS(=O)(=O)c1sc2ccccc2c1Cl)N(C)c1ccccc1. The summed E-state index contributed by atoms with van der Waals surface area (Å²) in [5.74, 6) is 0. The molecule has 0 saturated heterocycles. The zero-order chi connectivity index (χ0) is 18.0. The van der Waals surface area contributed by atoms with E-state index in [1.807, 2.05) is 73.5 Å². The zero-order valence-electron chi connectivity index (χ0n) is 13.9. The maximum atomic E-state index is 12.7. The van der Waals surface area contributed by atoms with Gasteiger partial charge >= 0.3 is 0 Å². The second-order valence-electron chi connectivity index (χ2n) is 5.85. The maximum absolute atomic E-state index is 12.7. The molecule has 1 aromatic heterocycles. The number of halogens is 1. The van der Waals surface area contributed by atoms with E-state index in [2.05, 4.69) is 4.72 Å². The molecule has 1 atom stereocenters. The lowest BCUT2D eigenvalue weighted by molar-refractivity contribution is 0.572. The standard InChI is InChI=1S/C18H19ClN2O2S2/c1-13(21(2)14-8-4-3-5-9-14)12-20-25(22,23)18-17(19)15-10-6-7-11-16(15)24-18/h3-11,13,20H,12H2,1-2H3. The smallest absolute Gasteiger partial charge is 0.251 e. The van der Waals surface area contributed by atoms with E-state index < -0.39 is 10.0 Å². The number of para-hydroxylation sites is 1. The van der Waals surface area contributed by atoms with Crippen LogP contribution in [0.25, 0.3) is 10.1 Å². The van der Waals surface area contributed by atoms with Gasteiger partial charge in [-0.15, -0.1) is 11.3 Å². The van der Waals surface area contributed by atoms with Gasteiger partial charge in [0, 0.05) is 35.4 Å². The summed E-state index contributed by atoms with van der Waals surface area (Å²) in [6.07, 6.45) is 0. The molecule has 0 aliphatic carbocycles. The van der Waals surface area contributed by atoms with Gasteiger partial charge in [-0.25, -0.2) is 13.1 Å². The van der Waals surface area contributed by atoms with Gasteiger partial charge in [0.15, 0.2) is 4.21 Å². The van der Waals surface area contributed by atoms with E-state index in [0.29, 0.717) is 0 Å². The van der Waals surface area contributed by atoms with Crippen molar-refractivity contribution in [3.63, 3.8) is 0 Å². The molecule has 0 saturated carbocycles. The third-order valence-corrected chi connectivity index (χ3v) is 7.87. The fourth-order valence-corrected chi connectivity index (χ4v) is 5.80. The topological polar surface area (TPSA) is 49.4 Å². The lowest BCUT2D eigenvalue weighted by atomic mass is 10.2. The Labute approximate surface area is 157 Å². The van der Waals surface area contributed by atoms with E-state index in [4.69, 9.17) is 11.6 Å². The van der Waals surface area contributed by atoms with Crippen molar-refractivity contribution in [3.8, 4) is 0 Å². The monoisotopic (exact) mass is 394 g/mol. The summed E-state index contributed by atoms with van der Waals surface area (Å²) in [5.41, 5.74) is 1.04. The second-order valence-corrected chi connectivity index (χ2v) is 9.24. The molecule has 1 N–H and O–H groups in total. The van der Waals surface area contributed by atoms with E-state index in [1.54, 1.807) is 0 Å². The van der Waals surface area contributed by atoms with Gasteiger partial charge in [-0.1, -0.05) is 48.0 Å². The highest BCUT2D eigenvalue weighted by Crippen LogP contribution is 2.38. The van der Waals surface area contributed by atoms with Crippen LogP contribution in [0.1, 0.15) is 6.92 Å². The summed E-state index contributed by atoms with van der Waals surface area (Å²) >= 11 is 7.49. The minimum atomic E-state index is -3.65. The van der Waals surface area contributed by atoms with Gasteiger partial charge in [0.05, 0.1) is 5.02 Å². The summed E-state index contributed by atoms with van der Waals surface area (Å²) in [6, 6.07) is 17.3. The summed E-state index contributed by atoms with van der Waals surface area (Å²) in [4.78, 5) is 2.04. The van der Waals surface area contributed by atoms with Crippen LogP contribution >= 0.6 is 22.9 Å². The molecule has 25 heavy (non-hydrogen) atoms. The average Bonchev–Trinajstić information content (AvgIpc) is 2.98. The number of hydrogen-bond acceptors (Lipinski definition) is 4. The normalized spacial score (nSPS) is 13.1. The van der Waals surface area contributed by atoms with E-state index in [0.717, 1.165) is 15.8 Å². The summed E-state index contributed by atoms with van der Waals surface area (Å²) in [6.45, 7) is 2.26. The minimum Gasteiger partial charge on any atom is -0.371 e. The van der Waals surface area contributed by atoms with Gasteiger partial charge in [-0.2, -0.15) is 0 Å². The van der Waals surface area contributed by atoms with Crippen LogP contribution in [-0.2, 0) is 10.0 Å². The summed E-state index contributed by atoms with van der Waals surface area (Å²) < 4.78 is 29.1. The molecule has 0 spiro atoms. The first-order valence-corrected chi connectivity index (χ1v) is 10.5. The summed E-state index contributed by atoms with van der Waals surface area (Å²) in [7, 11) is -1.71. The number of anilines is 1. The number of benzene rings is 2. The first-order valence-electron chi connectivity index (χ1n) is 7.85. The Morgan fingerprint density at radius 1 is 1.12 bits per heavy atom. The second kappa shape index (κ2) is 7.33. The molecule has 2 aromatic carbocycles. The van der Waals surface area contributed by atoms with Crippen molar-refractivity contribution < 1.29 is 8.42 Å². The molecule has 3 aromatic rings. The van der Waals surface area contributed by atoms with E-state index >= 15 is 0 Å². The first-order chi connectivity index (χ1) is 11.9. The number of hydrogen-bond donors (Lipinski definition) is 1. The van der Waals surface area contributed by atoms with Crippen LogP contribution in [0.5, 0.6) is 0 Å². The van der Waals surface area contributed by atoms with Gasteiger partial charge in [0.25, 0.3) is 10.0 Å². The third kappa shape index (κ3) is 3.82. The number of likely N-dealkylation sites (N-methyl/N-ethyl adjacent to an activating group) is 1. The van der Waals surface area contributed by atoms with Crippen molar-refractivity contribution in [1.29, 1.82) is 0 Å². The molecule has 1 heterocycles. The number of nitrogens with zero attached hydrogens (tertiary/aromatic N) is 1. The van der Waals surface area contributed by atoms with Crippen LogP contribution in [0.15, 0.2) is 58.8 Å². The Bertz CT molecular complexity index is 971. The predicted molar refractivity (Wildman–Crippen MR) is 106 cm³/mol. The molecule has 132 valence electrons. The molecular formula is C18H19ClN2O2S2. The fraction of sp³-hybridized carbons (Fsp3) is 0.222. The lowest BCUT2D eigenvalue weighted by Gasteiger charge is -2.27.